The quantitative estimate of drug-likeness (QED) is 0.843. The number of anilines is 1. The van der Waals surface area contributed by atoms with Crippen LogP contribution < -0.4 is 5.32 Å². The van der Waals surface area contributed by atoms with Crippen molar-refractivity contribution in [2.75, 3.05) is 25.0 Å². The monoisotopic (exact) mass is 320 g/mol. The molecule has 2 fully saturated rings. The molecule has 24 heavy (non-hydrogen) atoms. The van der Waals surface area contributed by atoms with Crippen LogP contribution in [0.15, 0.2) is 54.1 Å². The Morgan fingerprint density at radius 2 is 1.96 bits per heavy atom. The summed E-state index contributed by atoms with van der Waals surface area (Å²) in [6.07, 6.45) is 5.37. The normalized spacial score (nSPS) is 24.4. The Morgan fingerprint density at radius 1 is 1.12 bits per heavy atom. The van der Waals surface area contributed by atoms with E-state index in [0.29, 0.717) is 5.92 Å². The predicted molar refractivity (Wildman–Crippen MR) is 99.8 cm³/mol. The van der Waals surface area contributed by atoms with Gasteiger partial charge < -0.3 is 10.2 Å². The van der Waals surface area contributed by atoms with Gasteiger partial charge in [0.05, 0.1) is 0 Å². The van der Waals surface area contributed by atoms with Crippen LogP contribution in [0.25, 0.3) is 10.8 Å². The van der Waals surface area contributed by atoms with Crippen molar-refractivity contribution in [2.45, 2.75) is 19.3 Å². The third kappa shape index (κ3) is 3.51. The summed E-state index contributed by atoms with van der Waals surface area (Å²) in [6.45, 7) is 3.47. The second-order valence-corrected chi connectivity index (χ2v) is 6.66. The fourth-order valence-electron chi connectivity index (χ4n) is 3.86. The highest BCUT2D eigenvalue weighted by molar-refractivity contribution is 6.01. The van der Waals surface area contributed by atoms with E-state index in [0.717, 1.165) is 30.6 Å². The third-order valence-electron chi connectivity index (χ3n) is 5.08. The Kier molecular flexibility index (Phi) is 5.00. The zero-order valence-corrected chi connectivity index (χ0v) is 14.0. The lowest BCUT2D eigenvalue weighted by molar-refractivity contribution is -0.112. The van der Waals surface area contributed by atoms with Gasteiger partial charge in [0, 0.05) is 24.9 Å². The second-order valence-electron chi connectivity index (χ2n) is 6.66. The molecule has 2 unspecified atom stereocenters. The van der Waals surface area contributed by atoms with Crippen molar-refractivity contribution in [1.29, 1.82) is 0 Å². The molecule has 0 aromatic heterocycles. The lowest BCUT2D eigenvalue weighted by Crippen LogP contribution is -2.41. The van der Waals surface area contributed by atoms with E-state index in [1.807, 2.05) is 30.3 Å². The van der Waals surface area contributed by atoms with E-state index in [2.05, 4.69) is 28.4 Å². The van der Waals surface area contributed by atoms with Crippen LogP contribution in [0.5, 0.6) is 0 Å². The Balaban J connectivity index is 0.00000169. The summed E-state index contributed by atoms with van der Waals surface area (Å²) >= 11 is 0. The molecule has 4 rings (SSSR count). The van der Waals surface area contributed by atoms with E-state index in [1.165, 1.54) is 30.3 Å². The topological polar surface area (TPSA) is 32.3 Å². The summed E-state index contributed by atoms with van der Waals surface area (Å²) < 4.78 is 0. The molecule has 3 heteroatoms. The number of carbonyl (C=O) groups excluding carboxylic acids is 1. The molecule has 2 atom stereocenters. The minimum Gasteiger partial charge on any atom is -0.322 e. The summed E-state index contributed by atoms with van der Waals surface area (Å²) in [5.74, 6) is 0.592. The molecule has 0 aliphatic carbocycles. The van der Waals surface area contributed by atoms with Gasteiger partial charge in [-0.25, -0.2) is 0 Å². The summed E-state index contributed by atoms with van der Waals surface area (Å²) in [5.41, 5.74) is 2.20. The first-order valence-electron chi connectivity index (χ1n) is 8.50. The molecular weight excluding hydrogens is 296 g/mol. The average molecular weight is 320 g/mol. The number of fused-ring (bicyclic) bond motifs is 3. The first-order chi connectivity index (χ1) is 11.3. The van der Waals surface area contributed by atoms with Crippen molar-refractivity contribution in [1.82, 2.24) is 4.90 Å². The number of rotatable bonds is 2. The van der Waals surface area contributed by atoms with E-state index in [4.69, 9.17) is 0 Å². The zero-order valence-electron chi connectivity index (χ0n) is 14.0. The van der Waals surface area contributed by atoms with Crippen molar-refractivity contribution in [3.05, 3.63) is 61.5 Å². The summed E-state index contributed by atoms with van der Waals surface area (Å²) in [7, 11) is 0. The molecule has 2 aromatic rings. The van der Waals surface area contributed by atoms with E-state index < -0.39 is 0 Å². The van der Waals surface area contributed by atoms with Crippen molar-refractivity contribution < 1.29 is 4.79 Å². The predicted octanol–water partition coefficient (Wildman–Crippen LogP) is 4.15. The molecule has 2 heterocycles. The van der Waals surface area contributed by atoms with Crippen LogP contribution >= 0.6 is 0 Å². The van der Waals surface area contributed by atoms with Gasteiger partial charge in [-0.1, -0.05) is 43.3 Å². The van der Waals surface area contributed by atoms with Gasteiger partial charge in [0.15, 0.2) is 0 Å². The SMILES string of the molecule is O=C(C=C1CCN2CCCC1C2)Nc1ccc2ccccc2c1.[CH2]. The van der Waals surface area contributed by atoms with Gasteiger partial charge in [0.1, 0.15) is 0 Å². The van der Waals surface area contributed by atoms with Crippen molar-refractivity contribution >= 4 is 22.4 Å². The minimum absolute atomic E-state index is 0. The maximum absolute atomic E-state index is 12.4. The number of nitrogens with one attached hydrogen (secondary N) is 1. The minimum atomic E-state index is 0. The van der Waals surface area contributed by atoms with E-state index in [1.54, 1.807) is 0 Å². The molecule has 0 saturated carbocycles. The Morgan fingerprint density at radius 3 is 2.83 bits per heavy atom. The van der Waals surface area contributed by atoms with E-state index >= 15 is 0 Å². The molecule has 2 aromatic carbocycles. The molecule has 3 nitrogen and oxygen atoms in total. The maximum Gasteiger partial charge on any atom is 0.248 e. The van der Waals surface area contributed by atoms with E-state index in [-0.39, 0.29) is 13.3 Å². The molecule has 2 aliphatic rings. The highest BCUT2D eigenvalue weighted by Gasteiger charge is 2.27. The van der Waals surface area contributed by atoms with Crippen LogP contribution in [0.3, 0.4) is 0 Å². The lowest BCUT2D eigenvalue weighted by atomic mass is 9.84. The Bertz CT molecular complexity index is 765. The van der Waals surface area contributed by atoms with Crippen LogP contribution in [0, 0.1) is 13.3 Å². The van der Waals surface area contributed by atoms with Gasteiger partial charge in [0.25, 0.3) is 0 Å². The number of carbonyl (C=O) groups is 1. The van der Waals surface area contributed by atoms with Crippen LogP contribution in [-0.2, 0) is 4.79 Å². The van der Waals surface area contributed by atoms with Crippen molar-refractivity contribution in [3.8, 4) is 0 Å². The van der Waals surface area contributed by atoms with Gasteiger partial charge in [-0.2, -0.15) is 0 Å². The molecule has 1 amide bonds. The molecule has 124 valence electrons. The van der Waals surface area contributed by atoms with Crippen molar-refractivity contribution in [2.24, 2.45) is 5.92 Å². The molecule has 2 saturated heterocycles. The first-order valence-corrected chi connectivity index (χ1v) is 8.50. The van der Waals surface area contributed by atoms with Gasteiger partial charge in [-0.15, -0.1) is 0 Å². The van der Waals surface area contributed by atoms with Crippen LogP contribution in [-0.4, -0.2) is 30.4 Å². The number of hydrogen-bond acceptors (Lipinski definition) is 2. The number of hydrogen-bond donors (Lipinski definition) is 1. The Labute approximate surface area is 144 Å². The van der Waals surface area contributed by atoms with Crippen molar-refractivity contribution in [3.63, 3.8) is 0 Å². The fraction of sp³-hybridized carbons (Fsp3) is 0.333. The van der Waals surface area contributed by atoms with E-state index in [9.17, 15) is 4.79 Å². The summed E-state index contributed by atoms with van der Waals surface area (Å²) in [4.78, 5) is 14.9. The van der Waals surface area contributed by atoms with Gasteiger partial charge >= 0.3 is 0 Å². The number of nitrogens with zero attached hydrogens (tertiary/aromatic N) is 1. The number of amides is 1. The highest BCUT2D eigenvalue weighted by Crippen LogP contribution is 2.30. The number of piperidine rings is 2. The van der Waals surface area contributed by atoms with Gasteiger partial charge in [-0.05, 0) is 54.6 Å². The lowest BCUT2D eigenvalue weighted by Gasteiger charge is -2.39. The van der Waals surface area contributed by atoms with Gasteiger partial charge in [0.2, 0.25) is 5.91 Å². The largest absolute Gasteiger partial charge is 0.322 e. The maximum atomic E-state index is 12.4. The second kappa shape index (κ2) is 7.18. The first kappa shape index (κ1) is 16.7. The molecule has 1 N–H and O–H groups in total. The molecule has 2 radical (unpaired) electrons. The van der Waals surface area contributed by atoms with Gasteiger partial charge in [-0.3, -0.25) is 4.79 Å². The van der Waals surface area contributed by atoms with Crippen LogP contribution in [0.2, 0.25) is 0 Å². The molecular formula is C21H24N2O. The van der Waals surface area contributed by atoms with Crippen LogP contribution in [0.4, 0.5) is 5.69 Å². The smallest absolute Gasteiger partial charge is 0.248 e. The standard InChI is InChI=1S/C20H22N2O.CH2/c23-20(13-17-9-11-22-10-3-6-18(17)14-22)21-19-8-7-15-4-1-2-5-16(15)12-19;/h1-2,4-5,7-8,12-13,18H,3,6,9-11,14H2,(H,21,23);1H2. The Hall–Kier alpha value is -2.13. The molecule has 0 spiro atoms. The average Bonchev–Trinajstić information content (AvgIpc) is 2.58. The fourth-order valence-corrected chi connectivity index (χ4v) is 3.86. The summed E-state index contributed by atoms with van der Waals surface area (Å²) in [5, 5.41) is 5.37. The summed E-state index contributed by atoms with van der Waals surface area (Å²) in [6, 6.07) is 14.3. The number of benzene rings is 2. The zero-order chi connectivity index (χ0) is 15.6. The van der Waals surface area contributed by atoms with Crippen LogP contribution in [0.1, 0.15) is 19.3 Å². The molecule has 2 aliphatic heterocycles. The highest BCUT2D eigenvalue weighted by atomic mass is 16.1. The third-order valence-corrected chi connectivity index (χ3v) is 5.08. The molecule has 2 bridgehead atoms.